The van der Waals surface area contributed by atoms with Crippen molar-refractivity contribution >= 4 is 0 Å². The molecule has 26 heavy (non-hydrogen) atoms. The number of benzene rings is 2. The van der Waals surface area contributed by atoms with Crippen LogP contribution in [0.4, 0.5) is 8.78 Å². The van der Waals surface area contributed by atoms with E-state index in [0.29, 0.717) is 0 Å². The standard InChI is InChI=1S/C21H23F2N3/c1-13-12-14(2)26(25-13)18-10-8-17(9-11-18)15(3)24-16(4)21-19(22)6-5-7-20(21)23/h5-12,15-16,24H,1-4H3/t15-,16-/m1/s1. The monoisotopic (exact) mass is 355 g/mol. The molecule has 5 heteroatoms. The van der Waals surface area contributed by atoms with E-state index in [-0.39, 0.29) is 11.6 Å². The first-order valence-corrected chi connectivity index (χ1v) is 8.70. The van der Waals surface area contributed by atoms with Gasteiger partial charge in [0.05, 0.1) is 11.4 Å². The molecule has 0 saturated carbocycles. The Morgan fingerprint density at radius 3 is 2.08 bits per heavy atom. The second-order valence-electron chi connectivity index (χ2n) is 6.68. The van der Waals surface area contributed by atoms with E-state index in [9.17, 15) is 8.78 Å². The van der Waals surface area contributed by atoms with Crippen LogP contribution in [0.1, 0.15) is 48.4 Å². The van der Waals surface area contributed by atoms with Gasteiger partial charge in [-0.25, -0.2) is 13.5 Å². The fraction of sp³-hybridized carbons (Fsp3) is 0.286. The van der Waals surface area contributed by atoms with Crippen LogP contribution in [-0.4, -0.2) is 9.78 Å². The van der Waals surface area contributed by atoms with Crippen molar-refractivity contribution in [2.24, 2.45) is 0 Å². The Morgan fingerprint density at radius 2 is 1.54 bits per heavy atom. The number of hydrogen-bond acceptors (Lipinski definition) is 2. The highest BCUT2D eigenvalue weighted by molar-refractivity contribution is 5.37. The zero-order chi connectivity index (χ0) is 18.8. The summed E-state index contributed by atoms with van der Waals surface area (Å²) in [5.74, 6) is -1.06. The fourth-order valence-corrected chi connectivity index (χ4v) is 3.27. The number of halogens is 2. The van der Waals surface area contributed by atoms with E-state index < -0.39 is 17.7 Å². The molecule has 0 saturated heterocycles. The average molecular weight is 355 g/mol. The van der Waals surface area contributed by atoms with Crippen LogP contribution < -0.4 is 5.32 Å². The van der Waals surface area contributed by atoms with E-state index in [4.69, 9.17) is 0 Å². The van der Waals surface area contributed by atoms with Crippen LogP contribution in [0.2, 0.25) is 0 Å². The van der Waals surface area contributed by atoms with E-state index in [1.807, 2.05) is 55.8 Å². The lowest BCUT2D eigenvalue weighted by Crippen LogP contribution is -2.24. The Balaban J connectivity index is 1.76. The highest BCUT2D eigenvalue weighted by Gasteiger charge is 2.18. The molecule has 1 heterocycles. The molecule has 2 atom stereocenters. The molecule has 0 bridgehead atoms. The minimum absolute atomic E-state index is 0.0569. The van der Waals surface area contributed by atoms with Gasteiger partial charge in [0.2, 0.25) is 0 Å². The lowest BCUT2D eigenvalue weighted by Gasteiger charge is -2.22. The van der Waals surface area contributed by atoms with Gasteiger partial charge < -0.3 is 5.32 Å². The molecular formula is C21H23F2N3. The molecule has 2 aromatic carbocycles. The van der Waals surface area contributed by atoms with Crippen molar-refractivity contribution in [2.75, 3.05) is 0 Å². The molecule has 0 fully saturated rings. The third-order valence-corrected chi connectivity index (χ3v) is 4.58. The topological polar surface area (TPSA) is 29.9 Å². The van der Waals surface area contributed by atoms with Gasteiger partial charge in [0.1, 0.15) is 11.6 Å². The third kappa shape index (κ3) is 3.68. The van der Waals surface area contributed by atoms with Crippen molar-refractivity contribution in [3.05, 3.63) is 82.7 Å². The van der Waals surface area contributed by atoms with E-state index in [0.717, 1.165) is 22.6 Å². The van der Waals surface area contributed by atoms with Gasteiger partial charge in [-0.3, -0.25) is 0 Å². The summed E-state index contributed by atoms with van der Waals surface area (Å²) in [6.45, 7) is 7.73. The minimum Gasteiger partial charge on any atom is -0.303 e. The van der Waals surface area contributed by atoms with E-state index in [2.05, 4.69) is 10.4 Å². The second-order valence-corrected chi connectivity index (χ2v) is 6.68. The van der Waals surface area contributed by atoms with Gasteiger partial charge in [0.25, 0.3) is 0 Å². The molecule has 0 radical (unpaired) electrons. The number of hydrogen-bond donors (Lipinski definition) is 1. The van der Waals surface area contributed by atoms with Crippen LogP contribution >= 0.6 is 0 Å². The molecule has 3 rings (SSSR count). The molecule has 0 amide bonds. The van der Waals surface area contributed by atoms with Gasteiger partial charge in [-0.1, -0.05) is 18.2 Å². The predicted molar refractivity (Wildman–Crippen MR) is 99.4 cm³/mol. The highest BCUT2D eigenvalue weighted by atomic mass is 19.1. The van der Waals surface area contributed by atoms with Gasteiger partial charge in [0.15, 0.2) is 0 Å². The summed E-state index contributed by atoms with van der Waals surface area (Å²) in [4.78, 5) is 0. The summed E-state index contributed by atoms with van der Waals surface area (Å²) in [7, 11) is 0. The maximum absolute atomic E-state index is 13.9. The predicted octanol–water partition coefficient (Wildman–Crippen LogP) is 5.18. The molecule has 0 aliphatic heterocycles. The Morgan fingerprint density at radius 1 is 0.923 bits per heavy atom. The molecule has 0 aliphatic carbocycles. The van der Waals surface area contributed by atoms with Crippen LogP contribution in [0.5, 0.6) is 0 Å². The average Bonchev–Trinajstić information content (AvgIpc) is 2.93. The first-order chi connectivity index (χ1) is 12.4. The van der Waals surface area contributed by atoms with Gasteiger partial charge in [-0.2, -0.15) is 5.10 Å². The number of aromatic nitrogens is 2. The van der Waals surface area contributed by atoms with Gasteiger partial charge >= 0.3 is 0 Å². The molecule has 3 nitrogen and oxygen atoms in total. The van der Waals surface area contributed by atoms with E-state index >= 15 is 0 Å². The lowest BCUT2D eigenvalue weighted by atomic mass is 10.0. The van der Waals surface area contributed by atoms with Gasteiger partial charge in [-0.05, 0) is 63.6 Å². The van der Waals surface area contributed by atoms with Gasteiger partial charge in [0, 0.05) is 23.3 Å². The summed E-state index contributed by atoms with van der Waals surface area (Å²) in [5, 5.41) is 7.75. The van der Waals surface area contributed by atoms with Gasteiger partial charge in [-0.15, -0.1) is 0 Å². The van der Waals surface area contributed by atoms with Crippen molar-refractivity contribution in [3.8, 4) is 5.69 Å². The number of rotatable bonds is 5. The van der Waals surface area contributed by atoms with Crippen LogP contribution in [0.3, 0.4) is 0 Å². The Bertz CT molecular complexity index is 880. The smallest absolute Gasteiger partial charge is 0.130 e. The Labute approximate surface area is 152 Å². The number of nitrogens with one attached hydrogen (secondary N) is 1. The molecule has 1 N–H and O–H groups in total. The molecule has 0 aliphatic rings. The summed E-state index contributed by atoms with van der Waals surface area (Å²) < 4.78 is 29.8. The summed E-state index contributed by atoms with van der Waals surface area (Å²) in [5.41, 5.74) is 4.14. The van der Waals surface area contributed by atoms with E-state index in [1.165, 1.54) is 18.2 Å². The van der Waals surface area contributed by atoms with Crippen molar-refractivity contribution < 1.29 is 8.78 Å². The van der Waals surface area contributed by atoms with Crippen LogP contribution in [-0.2, 0) is 0 Å². The number of nitrogens with zero attached hydrogens (tertiary/aromatic N) is 2. The lowest BCUT2D eigenvalue weighted by molar-refractivity contribution is 0.450. The molecule has 0 spiro atoms. The zero-order valence-electron chi connectivity index (χ0n) is 15.4. The van der Waals surface area contributed by atoms with Crippen molar-refractivity contribution in [3.63, 3.8) is 0 Å². The normalized spacial score (nSPS) is 13.6. The minimum atomic E-state index is -0.530. The largest absolute Gasteiger partial charge is 0.303 e. The molecular weight excluding hydrogens is 332 g/mol. The highest BCUT2D eigenvalue weighted by Crippen LogP contribution is 2.24. The summed E-state index contributed by atoms with van der Waals surface area (Å²) in [6.07, 6.45) is 0. The summed E-state index contributed by atoms with van der Waals surface area (Å²) in [6, 6.07) is 13.5. The first-order valence-electron chi connectivity index (χ1n) is 8.70. The van der Waals surface area contributed by atoms with E-state index in [1.54, 1.807) is 6.92 Å². The van der Waals surface area contributed by atoms with Crippen LogP contribution in [0.25, 0.3) is 5.69 Å². The second kappa shape index (κ2) is 7.38. The third-order valence-electron chi connectivity index (χ3n) is 4.58. The molecule has 136 valence electrons. The maximum Gasteiger partial charge on any atom is 0.130 e. The molecule has 0 unspecified atom stereocenters. The fourth-order valence-electron chi connectivity index (χ4n) is 3.27. The quantitative estimate of drug-likeness (QED) is 0.683. The van der Waals surface area contributed by atoms with Crippen molar-refractivity contribution in [1.29, 1.82) is 0 Å². The molecule has 3 aromatic rings. The Hall–Kier alpha value is -2.53. The van der Waals surface area contributed by atoms with Crippen LogP contribution in [0.15, 0.2) is 48.5 Å². The molecule has 1 aromatic heterocycles. The number of aryl methyl sites for hydroxylation is 2. The SMILES string of the molecule is Cc1cc(C)n(-c2ccc([C@@H](C)N[C@H](C)c3c(F)cccc3F)cc2)n1. The van der Waals surface area contributed by atoms with Crippen molar-refractivity contribution in [1.82, 2.24) is 15.1 Å². The first kappa shape index (κ1) is 18.3. The maximum atomic E-state index is 13.9. The van der Waals surface area contributed by atoms with Crippen molar-refractivity contribution in [2.45, 2.75) is 39.8 Å². The van der Waals surface area contributed by atoms with Crippen LogP contribution in [0, 0.1) is 25.5 Å². The Kier molecular flexibility index (Phi) is 5.18. The zero-order valence-corrected chi connectivity index (χ0v) is 15.4. The summed E-state index contributed by atoms with van der Waals surface area (Å²) >= 11 is 0.